The molecule has 0 saturated carbocycles. The Kier molecular flexibility index (Phi) is 23.7. The van der Waals surface area contributed by atoms with Crippen molar-refractivity contribution in [2.75, 3.05) is 40.4 Å². The SMILES string of the molecule is C=CC(=O)N1CC[C@H](C(=O)N(C)[C@H](C(=O)N[C@H]2Cc3cc(C)cc(c3)-c3ccc4c(c3)c(c(-c3cccnc3[C@H](C)OC)n4CC)CC(C)(C)COC(=O)[C@@H]3CCCN(N3)C2=O)C(C)C)C1.S.S.S.S.S. The molecule has 2 N–H and O–H groups in total. The van der Waals surface area contributed by atoms with Crippen molar-refractivity contribution < 1.29 is 33.4 Å². The zero-order chi connectivity index (χ0) is 47.6. The van der Waals surface area contributed by atoms with E-state index < -0.39 is 47.2 Å². The van der Waals surface area contributed by atoms with Gasteiger partial charge in [-0.1, -0.05) is 64.1 Å². The average Bonchev–Trinajstić information content (AvgIpc) is 3.92. The Morgan fingerprint density at radius 2 is 1.73 bits per heavy atom. The van der Waals surface area contributed by atoms with Crippen LogP contribution >= 0.6 is 67.5 Å². The lowest BCUT2D eigenvalue weighted by Gasteiger charge is -2.37. The minimum atomic E-state index is -1.05. The molecule has 5 atom stereocenters. The van der Waals surface area contributed by atoms with Gasteiger partial charge < -0.3 is 29.2 Å². The van der Waals surface area contributed by atoms with Gasteiger partial charge in [-0.15, -0.1) is 0 Å². The summed E-state index contributed by atoms with van der Waals surface area (Å²) < 4.78 is 14.3. The van der Waals surface area contributed by atoms with E-state index in [4.69, 9.17) is 14.5 Å². The van der Waals surface area contributed by atoms with E-state index in [-0.39, 0.29) is 111 Å². The molecule has 0 unspecified atom stereocenters. The van der Waals surface area contributed by atoms with Gasteiger partial charge in [-0.2, -0.15) is 67.5 Å². The van der Waals surface area contributed by atoms with E-state index in [1.807, 2.05) is 39.8 Å². The Morgan fingerprint density at radius 1 is 1.01 bits per heavy atom. The molecule has 3 aliphatic rings. The van der Waals surface area contributed by atoms with Crippen molar-refractivity contribution in [2.45, 2.75) is 111 Å². The van der Waals surface area contributed by atoms with Crippen LogP contribution in [0.5, 0.6) is 0 Å². The molecule has 6 bridgehead atoms. The fourth-order valence-corrected chi connectivity index (χ4v) is 10.2. The molecule has 4 aromatic rings. The minimum Gasteiger partial charge on any atom is -0.464 e. The highest BCUT2D eigenvalue weighted by Crippen LogP contribution is 2.42. The lowest BCUT2D eigenvalue weighted by Crippen LogP contribution is -2.62. The summed E-state index contributed by atoms with van der Waals surface area (Å²) >= 11 is 0. The predicted octanol–water partition coefficient (Wildman–Crippen LogP) is 7.14. The molecule has 392 valence electrons. The lowest BCUT2D eigenvalue weighted by molar-refractivity contribution is -0.155. The number of nitrogens with one attached hydrogen (secondary N) is 2. The average molecular weight is 1070 g/mol. The number of nitrogens with zero attached hydrogens (tertiary/aromatic N) is 5. The Bertz CT molecular complexity index is 2540. The molecule has 2 fully saturated rings. The summed E-state index contributed by atoms with van der Waals surface area (Å²) in [5.74, 6) is -2.56. The van der Waals surface area contributed by atoms with Gasteiger partial charge in [0.2, 0.25) is 17.7 Å². The van der Waals surface area contributed by atoms with Crippen LogP contribution in [0.15, 0.2) is 67.4 Å². The third-order valence-electron chi connectivity index (χ3n) is 13.5. The highest BCUT2D eigenvalue weighted by Gasteiger charge is 2.40. The van der Waals surface area contributed by atoms with Crippen molar-refractivity contribution >= 4 is 108 Å². The molecule has 3 aliphatic heterocycles. The number of hydrazine groups is 1. The fourth-order valence-electron chi connectivity index (χ4n) is 10.2. The number of likely N-dealkylation sites (tertiary alicyclic amines) is 1. The Hall–Kier alpha value is -4.11. The Labute approximate surface area is 455 Å². The number of benzene rings is 2. The molecular weight excluding hydrogens is 995 g/mol. The predicted molar refractivity (Wildman–Crippen MR) is 307 cm³/mol. The summed E-state index contributed by atoms with van der Waals surface area (Å²) in [5, 5.41) is 5.60. The topological polar surface area (TPSA) is 155 Å². The van der Waals surface area contributed by atoms with Crippen molar-refractivity contribution in [3.8, 4) is 22.4 Å². The van der Waals surface area contributed by atoms with Gasteiger partial charge in [-0.3, -0.25) is 34.0 Å². The first-order chi connectivity index (χ1) is 31.4. The summed E-state index contributed by atoms with van der Waals surface area (Å²) in [5.41, 5.74) is 11.5. The van der Waals surface area contributed by atoms with Crippen LogP contribution in [0.2, 0.25) is 0 Å². The van der Waals surface area contributed by atoms with Crippen LogP contribution < -0.4 is 10.7 Å². The van der Waals surface area contributed by atoms with E-state index in [2.05, 4.69) is 79.1 Å². The number of cyclic esters (lactones) is 1. The van der Waals surface area contributed by atoms with Crippen LogP contribution in [0.4, 0.5) is 0 Å². The third kappa shape index (κ3) is 13.7. The molecule has 2 aromatic heterocycles. The standard InChI is InChI=1S/C52H67N7O7.5H2S/c1-11-44(60)57-22-19-36(29-57)49(62)56(9)46(31(3)4)48(61)54-42-26-34-23-32(5)24-37(25-34)35-17-18-43-39(27-35)40(47(58(43)12-2)38-15-13-20-53-45(38)33(6)65-10)28-52(7,8)30-66-51(64)41-16-14-21-59(55-41)50(42)63;;;;;/h11,13,15,17-18,20,23-25,27,31,33,36,41-42,46,55H,1,12,14,16,19,21-22,26,28-30H2,2-10H3,(H,54,61);5*1H2/t33-,36-,41-,42-,46-;;;;;/m0...../s1. The van der Waals surface area contributed by atoms with Crippen molar-refractivity contribution in [2.24, 2.45) is 17.3 Å². The van der Waals surface area contributed by atoms with Crippen LogP contribution in [0.1, 0.15) is 89.3 Å². The highest BCUT2D eigenvalue weighted by molar-refractivity contribution is 7.60. The molecule has 19 heteroatoms. The summed E-state index contributed by atoms with van der Waals surface area (Å²) in [4.78, 5) is 77.4. The second-order valence-electron chi connectivity index (χ2n) is 19.5. The highest BCUT2D eigenvalue weighted by atomic mass is 32.1. The van der Waals surface area contributed by atoms with E-state index in [9.17, 15) is 24.0 Å². The number of carbonyl (C=O) groups is 5. The summed E-state index contributed by atoms with van der Waals surface area (Å²) in [6.07, 6.45) is 5.02. The van der Waals surface area contributed by atoms with Crippen molar-refractivity contribution in [1.82, 2.24) is 35.1 Å². The second kappa shape index (κ2) is 26.7. The molecule has 0 radical (unpaired) electrons. The first-order valence-corrected chi connectivity index (χ1v) is 23.4. The molecule has 2 aromatic carbocycles. The molecule has 7 rings (SSSR count). The van der Waals surface area contributed by atoms with Gasteiger partial charge in [0, 0.05) is 74.8 Å². The van der Waals surface area contributed by atoms with E-state index in [0.717, 1.165) is 55.7 Å². The van der Waals surface area contributed by atoms with Gasteiger partial charge in [-0.25, -0.2) is 5.43 Å². The Morgan fingerprint density at radius 3 is 2.39 bits per heavy atom. The molecule has 2 saturated heterocycles. The van der Waals surface area contributed by atoms with Crippen LogP contribution in [-0.4, -0.2) is 112 Å². The first kappa shape index (κ1) is 63.0. The number of hydrogen-bond acceptors (Lipinski definition) is 9. The van der Waals surface area contributed by atoms with Gasteiger partial charge in [0.25, 0.3) is 5.91 Å². The quantitative estimate of drug-likeness (QED) is 0.125. The van der Waals surface area contributed by atoms with E-state index in [0.29, 0.717) is 45.3 Å². The van der Waals surface area contributed by atoms with Gasteiger partial charge >= 0.3 is 5.97 Å². The number of rotatable bonds is 10. The maximum Gasteiger partial charge on any atom is 0.324 e. The summed E-state index contributed by atoms with van der Waals surface area (Å²) in [6, 6.07) is 14.1. The van der Waals surface area contributed by atoms with Crippen LogP contribution in [-0.2, 0) is 52.8 Å². The van der Waals surface area contributed by atoms with Crippen LogP contribution in [0, 0.1) is 24.2 Å². The fraction of sp³-hybridized carbons (Fsp3) is 0.500. The first-order valence-electron chi connectivity index (χ1n) is 23.4. The molecule has 4 amide bonds. The molecule has 0 spiro atoms. The number of fused-ring (bicyclic) bond motifs is 6. The van der Waals surface area contributed by atoms with Crippen LogP contribution in [0.25, 0.3) is 33.3 Å². The lowest BCUT2D eigenvalue weighted by atomic mass is 9.84. The zero-order valence-electron chi connectivity index (χ0n) is 42.6. The number of hydrogen-bond donors (Lipinski definition) is 2. The molecule has 0 aliphatic carbocycles. The van der Waals surface area contributed by atoms with E-state index >= 15 is 0 Å². The number of amides is 4. The second-order valence-corrected chi connectivity index (χ2v) is 19.5. The van der Waals surface area contributed by atoms with Crippen LogP contribution in [0.3, 0.4) is 0 Å². The van der Waals surface area contributed by atoms with E-state index in [1.54, 1.807) is 25.3 Å². The van der Waals surface area contributed by atoms with Gasteiger partial charge in [-0.05, 0) is 105 Å². The number of ether oxygens (including phenoxy) is 2. The minimum absolute atomic E-state index is 0. The Balaban J connectivity index is 0.00000346. The largest absolute Gasteiger partial charge is 0.464 e. The normalized spacial score (nSPS) is 19.5. The third-order valence-corrected chi connectivity index (χ3v) is 13.5. The number of aromatic nitrogens is 2. The number of likely N-dealkylation sites (N-methyl/N-ethyl adjacent to an activating group) is 1. The van der Waals surface area contributed by atoms with Gasteiger partial charge in [0.1, 0.15) is 18.1 Å². The molecular formula is C52H77N7O7S5. The van der Waals surface area contributed by atoms with Gasteiger partial charge in [0.15, 0.2) is 0 Å². The van der Waals surface area contributed by atoms with Crippen molar-refractivity contribution in [1.29, 1.82) is 0 Å². The maximum atomic E-state index is 14.8. The molecule has 71 heavy (non-hydrogen) atoms. The number of methoxy groups -OCH3 is 1. The zero-order valence-corrected chi connectivity index (χ0v) is 47.6. The smallest absolute Gasteiger partial charge is 0.324 e. The summed E-state index contributed by atoms with van der Waals surface area (Å²) in [6.45, 7) is 19.5. The number of esters is 1. The van der Waals surface area contributed by atoms with Crippen molar-refractivity contribution in [3.05, 3.63) is 89.8 Å². The van der Waals surface area contributed by atoms with Crippen molar-refractivity contribution in [3.63, 3.8) is 0 Å². The number of aryl methyl sites for hydroxylation is 2. The molecule has 5 heterocycles. The monoisotopic (exact) mass is 1070 g/mol. The molecule has 14 nitrogen and oxygen atoms in total. The maximum absolute atomic E-state index is 14.8. The van der Waals surface area contributed by atoms with Gasteiger partial charge in [0.05, 0.1) is 30.0 Å². The van der Waals surface area contributed by atoms with E-state index in [1.165, 1.54) is 16.0 Å². The number of pyridine rings is 1. The number of carbonyl (C=O) groups excluding carboxylic acids is 5. The summed E-state index contributed by atoms with van der Waals surface area (Å²) in [7, 11) is 3.30.